The number of anilines is 2. The number of hydrogen-bond donors (Lipinski definition) is 2. The van der Waals surface area contributed by atoms with Gasteiger partial charge in [0.05, 0.1) is 23.3 Å². The van der Waals surface area contributed by atoms with E-state index in [1.807, 2.05) is 36.4 Å². The summed E-state index contributed by atoms with van der Waals surface area (Å²) in [6.45, 7) is 0. The predicted octanol–water partition coefficient (Wildman–Crippen LogP) is 4.11. The maximum absolute atomic E-state index is 13.5. The number of aromatic nitrogens is 4. The Morgan fingerprint density at radius 1 is 1.00 bits per heavy atom. The lowest BCUT2D eigenvalue weighted by atomic mass is 10.1. The number of ether oxygens (including phenoxy) is 1. The molecule has 1 fully saturated rings. The first-order valence-electron chi connectivity index (χ1n) is 10.6. The molecular formula is C24H21N5O4S. The van der Waals surface area contributed by atoms with Gasteiger partial charge < -0.3 is 10.1 Å². The van der Waals surface area contributed by atoms with E-state index in [2.05, 4.69) is 25.5 Å². The van der Waals surface area contributed by atoms with Crippen LogP contribution in [0.15, 0.2) is 76.8 Å². The van der Waals surface area contributed by atoms with E-state index < -0.39 is 21.0 Å². The summed E-state index contributed by atoms with van der Waals surface area (Å²) in [5.41, 5.74) is 2.31. The molecule has 0 unspecified atom stereocenters. The Hall–Kier alpha value is -4.05. The summed E-state index contributed by atoms with van der Waals surface area (Å²) in [6, 6.07) is 18.4. The van der Waals surface area contributed by atoms with Crippen LogP contribution in [-0.4, -0.2) is 41.7 Å². The van der Waals surface area contributed by atoms with Crippen molar-refractivity contribution < 1.29 is 17.9 Å². The molecule has 0 saturated heterocycles. The van der Waals surface area contributed by atoms with Gasteiger partial charge in [-0.15, -0.1) is 0 Å². The standard InChI is InChI=1S/C24H21N5O4S/c1-33-23(30)17-8-5-9-18(12-17)34(31,32)24-25-19(15-6-3-2-4-7-15)13-21(27-24)26-22-14-20(28-29-22)16-10-11-16/h2-9,12-14,16H,10-11H2,1H3,(H2,25,26,27,28,29). The third-order valence-electron chi connectivity index (χ3n) is 5.45. The zero-order valence-corrected chi connectivity index (χ0v) is 19.0. The molecule has 34 heavy (non-hydrogen) atoms. The maximum atomic E-state index is 13.5. The third kappa shape index (κ3) is 4.40. The molecule has 2 N–H and O–H groups in total. The minimum absolute atomic E-state index is 0.109. The lowest BCUT2D eigenvalue weighted by molar-refractivity contribution is 0.0600. The molecule has 0 aliphatic heterocycles. The van der Waals surface area contributed by atoms with E-state index in [4.69, 9.17) is 4.74 Å². The Morgan fingerprint density at radius 2 is 1.79 bits per heavy atom. The quantitative estimate of drug-likeness (QED) is 0.302. The number of carbonyl (C=O) groups is 1. The first-order valence-corrected chi connectivity index (χ1v) is 12.1. The van der Waals surface area contributed by atoms with Crippen LogP contribution in [0.2, 0.25) is 0 Å². The van der Waals surface area contributed by atoms with Crippen molar-refractivity contribution in [2.45, 2.75) is 28.8 Å². The second-order valence-corrected chi connectivity index (χ2v) is 9.76. The van der Waals surface area contributed by atoms with E-state index >= 15 is 0 Å². The zero-order valence-electron chi connectivity index (χ0n) is 18.2. The van der Waals surface area contributed by atoms with Crippen molar-refractivity contribution in [3.63, 3.8) is 0 Å². The molecule has 1 aliphatic rings. The highest BCUT2D eigenvalue weighted by Crippen LogP contribution is 2.39. The Kier molecular flexibility index (Phi) is 5.58. The van der Waals surface area contributed by atoms with Gasteiger partial charge in [0.1, 0.15) is 5.82 Å². The average molecular weight is 476 g/mol. The molecular weight excluding hydrogens is 454 g/mol. The van der Waals surface area contributed by atoms with Crippen molar-refractivity contribution in [1.29, 1.82) is 0 Å². The van der Waals surface area contributed by atoms with Crippen molar-refractivity contribution in [1.82, 2.24) is 20.2 Å². The molecule has 172 valence electrons. The van der Waals surface area contributed by atoms with E-state index in [1.165, 1.54) is 31.4 Å². The minimum atomic E-state index is -4.14. The van der Waals surface area contributed by atoms with Crippen LogP contribution in [0, 0.1) is 0 Å². The zero-order chi connectivity index (χ0) is 23.7. The van der Waals surface area contributed by atoms with Gasteiger partial charge in [0.2, 0.25) is 9.84 Å². The average Bonchev–Trinajstić information content (AvgIpc) is 3.62. The van der Waals surface area contributed by atoms with Gasteiger partial charge in [-0.2, -0.15) is 5.10 Å². The molecule has 0 spiro atoms. The van der Waals surface area contributed by atoms with E-state index in [0.717, 1.165) is 24.1 Å². The molecule has 1 saturated carbocycles. The van der Waals surface area contributed by atoms with Crippen molar-refractivity contribution >= 4 is 27.4 Å². The fourth-order valence-corrected chi connectivity index (χ4v) is 4.70. The van der Waals surface area contributed by atoms with Crippen molar-refractivity contribution in [2.75, 3.05) is 12.4 Å². The van der Waals surface area contributed by atoms with Crippen LogP contribution in [0.25, 0.3) is 11.3 Å². The van der Waals surface area contributed by atoms with Gasteiger partial charge in [-0.3, -0.25) is 5.10 Å². The van der Waals surface area contributed by atoms with E-state index in [9.17, 15) is 13.2 Å². The van der Waals surface area contributed by atoms with Gasteiger partial charge in [0.25, 0.3) is 5.16 Å². The number of methoxy groups -OCH3 is 1. The summed E-state index contributed by atoms with van der Waals surface area (Å²) < 4.78 is 31.6. The number of carbonyl (C=O) groups excluding carboxylic acids is 1. The predicted molar refractivity (Wildman–Crippen MR) is 125 cm³/mol. The summed E-state index contributed by atoms with van der Waals surface area (Å²) in [7, 11) is -2.91. The van der Waals surface area contributed by atoms with Gasteiger partial charge in [-0.1, -0.05) is 36.4 Å². The summed E-state index contributed by atoms with van der Waals surface area (Å²) in [6.07, 6.45) is 2.25. The smallest absolute Gasteiger partial charge is 0.337 e. The topological polar surface area (TPSA) is 127 Å². The first-order chi connectivity index (χ1) is 16.4. The van der Waals surface area contributed by atoms with Crippen LogP contribution < -0.4 is 5.32 Å². The Labute approximate surface area is 196 Å². The number of rotatable bonds is 7. The molecule has 0 radical (unpaired) electrons. The van der Waals surface area contributed by atoms with E-state index in [-0.39, 0.29) is 16.3 Å². The van der Waals surface area contributed by atoms with Gasteiger partial charge in [0.15, 0.2) is 5.82 Å². The molecule has 2 aromatic heterocycles. The Balaban J connectivity index is 1.57. The van der Waals surface area contributed by atoms with E-state index in [1.54, 1.807) is 6.07 Å². The Bertz CT molecular complexity index is 1460. The fraction of sp³-hybridized carbons (Fsp3) is 0.167. The summed E-state index contributed by atoms with van der Waals surface area (Å²) in [4.78, 5) is 20.4. The van der Waals surface area contributed by atoms with Crippen molar-refractivity contribution in [3.8, 4) is 11.3 Å². The highest BCUT2D eigenvalue weighted by Gasteiger charge is 2.27. The lowest BCUT2D eigenvalue weighted by Gasteiger charge is -2.10. The first kappa shape index (κ1) is 21.8. The highest BCUT2D eigenvalue weighted by molar-refractivity contribution is 7.91. The molecule has 2 heterocycles. The number of hydrogen-bond acceptors (Lipinski definition) is 8. The fourth-order valence-electron chi connectivity index (χ4n) is 3.51. The molecule has 0 atom stereocenters. The lowest BCUT2D eigenvalue weighted by Crippen LogP contribution is -2.11. The maximum Gasteiger partial charge on any atom is 0.337 e. The molecule has 10 heteroatoms. The molecule has 0 amide bonds. The van der Waals surface area contributed by atoms with Gasteiger partial charge >= 0.3 is 5.97 Å². The molecule has 4 aromatic rings. The molecule has 5 rings (SSSR count). The van der Waals surface area contributed by atoms with Crippen LogP contribution >= 0.6 is 0 Å². The molecule has 0 bridgehead atoms. The number of sulfone groups is 1. The third-order valence-corrected chi connectivity index (χ3v) is 6.99. The van der Waals surface area contributed by atoms with Crippen LogP contribution in [0.4, 0.5) is 11.6 Å². The highest BCUT2D eigenvalue weighted by atomic mass is 32.2. The largest absolute Gasteiger partial charge is 0.465 e. The van der Waals surface area contributed by atoms with Gasteiger partial charge in [-0.05, 0) is 31.0 Å². The molecule has 2 aromatic carbocycles. The second kappa shape index (κ2) is 8.71. The Morgan fingerprint density at radius 3 is 2.53 bits per heavy atom. The summed E-state index contributed by atoms with van der Waals surface area (Å²) in [5, 5.41) is 9.97. The SMILES string of the molecule is COC(=O)c1cccc(S(=O)(=O)c2nc(Nc3cc(C4CC4)[nH]n3)cc(-c3ccccc3)n2)c1. The summed E-state index contributed by atoms with van der Waals surface area (Å²) in [5.74, 6) is 0.677. The van der Waals surface area contributed by atoms with E-state index in [0.29, 0.717) is 17.4 Å². The van der Waals surface area contributed by atoms with Gasteiger partial charge in [-0.25, -0.2) is 23.2 Å². The monoisotopic (exact) mass is 475 g/mol. The van der Waals surface area contributed by atoms with Crippen LogP contribution in [0.5, 0.6) is 0 Å². The van der Waals surface area contributed by atoms with Crippen molar-refractivity contribution in [3.05, 3.63) is 78.0 Å². The van der Waals surface area contributed by atoms with Crippen LogP contribution in [0.3, 0.4) is 0 Å². The van der Waals surface area contributed by atoms with Gasteiger partial charge in [0, 0.05) is 29.3 Å². The van der Waals surface area contributed by atoms with Crippen molar-refractivity contribution in [2.24, 2.45) is 0 Å². The number of nitrogens with one attached hydrogen (secondary N) is 2. The van der Waals surface area contributed by atoms with Crippen LogP contribution in [-0.2, 0) is 14.6 Å². The number of H-pyrrole nitrogens is 1. The van der Waals surface area contributed by atoms with Crippen LogP contribution in [0.1, 0.15) is 34.8 Å². The summed E-state index contributed by atoms with van der Waals surface area (Å²) >= 11 is 0. The number of benzene rings is 2. The number of esters is 1. The second-order valence-electron chi connectivity index (χ2n) is 7.92. The number of aromatic amines is 1. The number of nitrogens with zero attached hydrogens (tertiary/aromatic N) is 3. The normalized spacial score (nSPS) is 13.4. The minimum Gasteiger partial charge on any atom is -0.465 e. The molecule has 1 aliphatic carbocycles. The molecule has 9 nitrogen and oxygen atoms in total.